The highest BCUT2D eigenvalue weighted by Crippen LogP contribution is 2.19. The van der Waals surface area contributed by atoms with Crippen molar-refractivity contribution in [3.63, 3.8) is 0 Å². The third kappa shape index (κ3) is 2.23. The fraction of sp³-hybridized carbons (Fsp3) is 0.917. The van der Waals surface area contributed by atoms with Crippen LogP contribution in [0.4, 0.5) is 0 Å². The van der Waals surface area contributed by atoms with Crippen molar-refractivity contribution >= 4 is 5.91 Å². The smallest absolute Gasteiger partial charge is 0.241 e. The Balaban J connectivity index is 1.95. The molecule has 2 heterocycles. The molecular formula is C12H23N3O. The minimum absolute atomic E-state index is 0.0667. The third-order valence-corrected chi connectivity index (χ3v) is 3.87. The molecule has 0 radical (unpaired) electrons. The molecule has 2 atom stereocenters. The van der Waals surface area contributed by atoms with Crippen molar-refractivity contribution in [2.75, 3.05) is 26.3 Å². The van der Waals surface area contributed by atoms with Crippen molar-refractivity contribution in [1.82, 2.24) is 15.1 Å². The molecule has 0 aromatic rings. The monoisotopic (exact) mass is 225 g/mol. The van der Waals surface area contributed by atoms with Gasteiger partial charge in [0, 0.05) is 12.6 Å². The number of nitrogens with zero attached hydrogens (tertiary/aromatic N) is 2. The average Bonchev–Trinajstić information content (AvgIpc) is 2.70. The van der Waals surface area contributed by atoms with E-state index in [1.165, 1.54) is 19.4 Å². The van der Waals surface area contributed by atoms with E-state index in [1.54, 1.807) is 0 Å². The normalized spacial score (nSPS) is 32.4. The van der Waals surface area contributed by atoms with Crippen molar-refractivity contribution in [2.45, 2.75) is 45.2 Å². The van der Waals surface area contributed by atoms with E-state index in [9.17, 15) is 4.79 Å². The first-order valence-electron chi connectivity index (χ1n) is 6.52. The first-order chi connectivity index (χ1) is 7.76. The second-order valence-corrected chi connectivity index (χ2v) is 4.82. The van der Waals surface area contributed by atoms with Crippen LogP contribution in [0.3, 0.4) is 0 Å². The summed E-state index contributed by atoms with van der Waals surface area (Å²) in [5.41, 5.74) is 0. The van der Waals surface area contributed by atoms with Crippen molar-refractivity contribution in [1.29, 1.82) is 0 Å². The first-order valence-corrected chi connectivity index (χ1v) is 6.52. The Hall–Kier alpha value is -0.610. The van der Waals surface area contributed by atoms with Crippen molar-refractivity contribution in [3.05, 3.63) is 0 Å². The van der Waals surface area contributed by atoms with Crippen LogP contribution < -0.4 is 5.32 Å². The van der Waals surface area contributed by atoms with Crippen molar-refractivity contribution < 1.29 is 4.79 Å². The highest BCUT2D eigenvalue weighted by molar-refractivity contribution is 5.84. The zero-order chi connectivity index (χ0) is 11.5. The summed E-state index contributed by atoms with van der Waals surface area (Å²) >= 11 is 0. The Morgan fingerprint density at radius 3 is 2.88 bits per heavy atom. The number of amides is 1. The third-order valence-electron chi connectivity index (χ3n) is 3.87. The molecule has 0 aromatic heterocycles. The predicted octanol–water partition coefficient (Wildman–Crippen LogP) is 0.639. The minimum Gasteiger partial charge on any atom is -0.324 e. The van der Waals surface area contributed by atoms with Crippen molar-refractivity contribution in [2.24, 2.45) is 0 Å². The van der Waals surface area contributed by atoms with Crippen LogP contribution in [0.1, 0.15) is 33.1 Å². The van der Waals surface area contributed by atoms with Gasteiger partial charge in [-0.25, -0.2) is 0 Å². The number of carbonyl (C=O) groups excluding carboxylic acids is 1. The standard InChI is InChI=1S/C12H23N3O/c1-3-11-12(16)15(9-13-11)10-6-5-7-14(4-2)8-10/h10-11,13H,3-9H2,1-2H3. The van der Waals surface area contributed by atoms with Gasteiger partial charge < -0.3 is 9.80 Å². The highest BCUT2D eigenvalue weighted by Gasteiger charge is 2.35. The van der Waals surface area contributed by atoms with E-state index in [0.717, 1.165) is 26.2 Å². The molecule has 0 bridgehead atoms. The van der Waals surface area contributed by atoms with Gasteiger partial charge in [0.05, 0.1) is 12.7 Å². The summed E-state index contributed by atoms with van der Waals surface area (Å²) in [6.45, 7) is 8.36. The fourth-order valence-electron chi connectivity index (χ4n) is 2.77. The summed E-state index contributed by atoms with van der Waals surface area (Å²) in [7, 11) is 0. The van der Waals surface area contributed by atoms with Gasteiger partial charge in [0.1, 0.15) is 0 Å². The number of hydrogen-bond donors (Lipinski definition) is 1. The maximum absolute atomic E-state index is 12.1. The highest BCUT2D eigenvalue weighted by atomic mass is 16.2. The van der Waals surface area contributed by atoms with Crippen LogP contribution in [0.2, 0.25) is 0 Å². The van der Waals surface area contributed by atoms with E-state index in [4.69, 9.17) is 0 Å². The lowest BCUT2D eigenvalue weighted by molar-refractivity contribution is -0.131. The van der Waals surface area contributed by atoms with Gasteiger partial charge in [-0.05, 0) is 32.4 Å². The molecule has 2 fully saturated rings. The molecule has 92 valence electrons. The van der Waals surface area contributed by atoms with Crippen LogP contribution in [-0.4, -0.2) is 54.1 Å². The van der Waals surface area contributed by atoms with Crippen LogP contribution in [0.25, 0.3) is 0 Å². The summed E-state index contributed by atoms with van der Waals surface area (Å²) in [5, 5.41) is 3.29. The topological polar surface area (TPSA) is 35.6 Å². The fourth-order valence-corrected chi connectivity index (χ4v) is 2.77. The SMILES string of the molecule is CCC1NCN(C2CCCN(CC)C2)C1=O. The summed E-state index contributed by atoms with van der Waals surface area (Å²) < 4.78 is 0. The first kappa shape index (κ1) is 11.9. The summed E-state index contributed by atoms with van der Waals surface area (Å²) in [6.07, 6.45) is 3.29. The lowest BCUT2D eigenvalue weighted by atomic mass is 10.0. The Labute approximate surface area is 98.0 Å². The van der Waals surface area contributed by atoms with Gasteiger partial charge in [0.2, 0.25) is 5.91 Å². The Bertz CT molecular complexity index is 257. The molecule has 0 spiro atoms. The molecule has 0 aromatic carbocycles. The molecule has 2 unspecified atom stereocenters. The quantitative estimate of drug-likeness (QED) is 0.765. The summed E-state index contributed by atoms with van der Waals surface area (Å²) in [6, 6.07) is 0.502. The predicted molar refractivity (Wildman–Crippen MR) is 64.1 cm³/mol. The van der Waals surface area contributed by atoms with Crippen LogP contribution in [0.5, 0.6) is 0 Å². The molecule has 16 heavy (non-hydrogen) atoms. The summed E-state index contributed by atoms with van der Waals surface area (Å²) in [5.74, 6) is 0.311. The lowest BCUT2D eigenvalue weighted by Gasteiger charge is -2.36. The van der Waals surface area contributed by atoms with Crippen LogP contribution >= 0.6 is 0 Å². The molecule has 0 saturated carbocycles. The maximum Gasteiger partial charge on any atom is 0.241 e. The number of piperidine rings is 1. The molecular weight excluding hydrogens is 202 g/mol. The van der Waals surface area contributed by atoms with Gasteiger partial charge in [-0.3, -0.25) is 10.1 Å². The molecule has 2 aliphatic rings. The van der Waals surface area contributed by atoms with Crippen LogP contribution in [-0.2, 0) is 4.79 Å². The van der Waals surface area contributed by atoms with Crippen molar-refractivity contribution in [3.8, 4) is 0 Å². The number of nitrogens with one attached hydrogen (secondary N) is 1. The van der Waals surface area contributed by atoms with Gasteiger partial charge in [-0.2, -0.15) is 0 Å². The summed E-state index contributed by atoms with van der Waals surface area (Å²) in [4.78, 5) is 16.6. The van der Waals surface area contributed by atoms with Gasteiger partial charge in [-0.15, -0.1) is 0 Å². The van der Waals surface area contributed by atoms with E-state index in [-0.39, 0.29) is 6.04 Å². The molecule has 4 nitrogen and oxygen atoms in total. The van der Waals surface area contributed by atoms with E-state index in [2.05, 4.69) is 29.0 Å². The zero-order valence-electron chi connectivity index (χ0n) is 10.4. The molecule has 1 N–H and O–H groups in total. The Kier molecular flexibility index (Phi) is 3.82. The average molecular weight is 225 g/mol. The molecule has 4 heteroatoms. The van der Waals surface area contributed by atoms with Gasteiger partial charge in [0.15, 0.2) is 0 Å². The molecule has 2 rings (SSSR count). The van der Waals surface area contributed by atoms with Crippen LogP contribution in [0, 0.1) is 0 Å². The van der Waals surface area contributed by atoms with E-state index >= 15 is 0 Å². The van der Waals surface area contributed by atoms with Gasteiger partial charge in [-0.1, -0.05) is 13.8 Å². The zero-order valence-corrected chi connectivity index (χ0v) is 10.4. The number of rotatable bonds is 3. The van der Waals surface area contributed by atoms with Gasteiger partial charge >= 0.3 is 0 Å². The van der Waals surface area contributed by atoms with E-state index < -0.39 is 0 Å². The minimum atomic E-state index is 0.0667. The second kappa shape index (κ2) is 5.15. The Morgan fingerprint density at radius 1 is 1.44 bits per heavy atom. The number of hydrogen-bond acceptors (Lipinski definition) is 3. The van der Waals surface area contributed by atoms with E-state index in [1.807, 2.05) is 0 Å². The molecule has 1 amide bonds. The lowest BCUT2D eigenvalue weighted by Crippen LogP contribution is -2.49. The second-order valence-electron chi connectivity index (χ2n) is 4.82. The number of likely N-dealkylation sites (tertiary alicyclic amines) is 1. The maximum atomic E-state index is 12.1. The van der Waals surface area contributed by atoms with E-state index in [0.29, 0.717) is 11.9 Å². The van der Waals surface area contributed by atoms with Gasteiger partial charge in [0.25, 0.3) is 0 Å². The number of carbonyl (C=O) groups is 1. The molecule has 0 aliphatic carbocycles. The number of likely N-dealkylation sites (N-methyl/N-ethyl adjacent to an activating group) is 1. The molecule has 2 aliphatic heterocycles. The van der Waals surface area contributed by atoms with Crippen LogP contribution in [0.15, 0.2) is 0 Å². The molecule has 2 saturated heterocycles. The Morgan fingerprint density at radius 2 is 2.25 bits per heavy atom. The largest absolute Gasteiger partial charge is 0.324 e.